The van der Waals surface area contributed by atoms with Crippen LogP contribution in [-0.4, -0.2) is 43.6 Å². The van der Waals surface area contributed by atoms with E-state index in [0.29, 0.717) is 23.7 Å². The second-order valence-corrected chi connectivity index (χ2v) is 8.40. The number of thiazole rings is 1. The number of aromatic nitrogens is 1. The van der Waals surface area contributed by atoms with Gasteiger partial charge in [0.1, 0.15) is 0 Å². The minimum absolute atomic E-state index is 0.0412. The topological polar surface area (TPSA) is 72.7 Å². The second-order valence-electron chi connectivity index (χ2n) is 7.34. The predicted molar refractivity (Wildman–Crippen MR) is 114 cm³/mol. The molecule has 0 aliphatic carbocycles. The number of rotatable bonds is 5. The zero-order valence-corrected chi connectivity index (χ0v) is 17.1. The van der Waals surface area contributed by atoms with Crippen molar-refractivity contribution in [1.82, 2.24) is 4.98 Å². The van der Waals surface area contributed by atoms with Gasteiger partial charge in [0.2, 0.25) is 0 Å². The van der Waals surface area contributed by atoms with Crippen LogP contribution in [0.3, 0.4) is 0 Å². The highest BCUT2D eigenvalue weighted by Crippen LogP contribution is 2.31. The predicted octanol–water partition coefficient (Wildman–Crippen LogP) is 2.48. The Labute approximate surface area is 173 Å². The number of anilines is 1. The van der Waals surface area contributed by atoms with Gasteiger partial charge in [-0.2, -0.15) is 0 Å². The van der Waals surface area contributed by atoms with Gasteiger partial charge in [0.15, 0.2) is 6.54 Å². The number of methoxy groups -OCH3 is 1. The Hall–Kier alpha value is -2.77. The molecule has 0 radical (unpaired) electrons. The van der Waals surface area contributed by atoms with E-state index >= 15 is 0 Å². The molecule has 29 heavy (non-hydrogen) atoms. The van der Waals surface area contributed by atoms with E-state index in [9.17, 15) is 9.59 Å². The highest BCUT2D eigenvalue weighted by Gasteiger charge is 2.27. The fraction of sp³-hybridized carbons (Fsp3) is 0.318. The van der Waals surface area contributed by atoms with E-state index in [1.807, 2.05) is 6.07 Å². The van der Waals surface area contributed by atoms with Gasteiger partial charge in [0, 0.05) is 24.4 Å². The molecule has 2 aromatic carbocycles. The first kappa shape index (κ1) is 19.5. The Balaban J connectivity index is 1.30. The van der Waals surface area contributed by atoms with Crippen molar-refractivity contribution in [2.24, 2.45) is 0 Å². The Morgan fingerprint density at radius 3 is 2.72 bits per heavy atom. The summed E-state index contributed by atoms with van der Waals surface area (Å²) in [6, 6.07) is 15.1. The summed E-state index contributed by atoms with van der Waals surface area (Å²) in [7, 11) is 1.34. The van der Waals surface area contributed by atoms with Gasteiger partial charge in [0.25, 0.3) is 5.91 Å². The number of hydrogen-bond donors (Lipinski definition) is 2. The van der Waals surface area contributed by atoms with Gasteiger partial charge in [-0.05, 0) is 30.3 Å². The largest absolute Gasteiger partial charge is 0.465 e. The van der Waals surface area contributed by atoms with Crippen molar-refractivity contribution in [3.63, 3.8) is 0 Å². The number of benzene rings is 2. The highest BCUT2D eigenvalue weighted by molar-refractivity contribution is 7.18. The summed E-state index contributed by atoms with van der Waals surface area (Å²) in [4.78, 5) is 30.2. The zero-order valence-electron chi connectivity index (χ0n) is 16.3. The molecule has 7 heteroatoms. The molecule has 150 valence electrons. The van der Waals surface area contributed by atoms with E-state index in [2.05, 4.69) is 23.5 Å². The van der Waals surface area contributed by atoms with Gasteiger partial charge in [-0.1, -0.05) is 18.2 Å². The van der Waals surface area contributed by atoms with Crippen molar-refractivity contribution in [3.05, 3.63) is 59.1 Å². The first-order chi connectivity index (χ1) is 14.1. The monoisotopic (exact) mass is 410 g/mol. The van der Waals surface area contributed by atoms with Crippen LogP contribution in [0.4, 0.5) is 5.69 Å². The summed E-state index contributed by atoms with van der Waals surface area (Å²) >= 11 is 1.79. The van der Waals surface area contributed by atoms with Crippen LogP contribution in [0.5, 0.6) is 0 Å². The number of nitrogens with zero attached hydrogens (tertiary/aromatic N) is 1. The average Bonchev–Trinajstić information content (AvgIpc) is 3.18. The van der Waals surface area contributed by atoms with Gasteiger partial charge >= 0.3 is 5.97 Å². The van der Waals surface area contributed by atoms with Gasteiger partial charge < -0.3 is 15.0 Å². The number of carbonyl (C=O) groups excluding carboxylic acids is 2. The lowest BCUT2D eigenvalue weighted by Crippen LogP contribution is -3.14. The van der Waals surface area contributed by atoms with Gasteiger partial charge in [-0.25, -0.2) is 9.78 Å². The highest BCUT2D eigenvalue weighted by atomic mass is 32.1. The molecule has 6 nitrogen and oxygen atoms in total. The third-order valence-corrected chi connectivity index (χ3v) is 6.53. The molecular formula is C22H24N3O3S+. The Kier molecular flexibility index (Phi) is 5.87. The third kappa shape index (κ3) is 4.63. The van der Waals surface area contributed by atoms with Gasteiger partial charge in [0.05, 0.1) is 41.0 Å². The molecule has 1 fully saturated rings. The number of fused-ring (bicyclic) bond motifs is 1. The van der Waals surface area contributed by atoms with Crippen LogP contribution in [0, 0.1) is 0 Å². The normalized spacial score (nSPS) is 19.1. The summed E-state index contributed by atoms with van der Waals surface area (Å²) in [6.45, 7) is 2.33. The molecule has 1 aliphatic rings. The van der Waals surface area contributed by atoms with E-state index in [4.69, 9.17) is 9.72 Å². The number of likely N-dealkylation sites (tertiary alicyclic amines) is 1. The molecule has 1 aliphatic heterocycles. The van der Waals surface area contributed by atoms with Crippen LogP contribution >= 0.6 is 11.3 Å². The molecule has 1 aromatic heterocycles. The molecule has 0 atom stereocenters. The first-order valence-corrected chi connectivity index (χ1v) is 10.6. The summed E-state index contributed by atoms with van der Waals surface area (Å²) in [5, 5.41) is 4.11. The molecule has 2 heterocycles. The Morgan fingerprint density at radius 2 is 1.97 bits per heavy atom. The van der Waals surface area contributed by atoms with Gasteiger partial charge in [-0.3, -0.25) is 4.79 Å². The molecule has 0 spiro atoms. The Morgan fingerprint density at radius 1 is 1.17 bits per heavy atom. The van der Waals surface area contributed by atoms with Crippen LogP contribution in [0.25, 0.3) is 10.2 Å². The second kappa shape index (κ2) is 8.71. The summed E-state index contributed by atoms with van der Waals surface area (Å²) in [5.41, 5.74) is 2.12. The lowest BCUT2D eigenvalue weighted by molar-refractivity contribution is -0.897. The number of piperidine rings is 1. The molecule has 2 N–H and O–H groups in total. The average molecular weight is 411 g/mol. The van der Waals surface area contributed by atoms with Crippen molar-refractivity contribution in [1.29, 1.82) is 0 Å². The number of amides is 1. The van der Waals surface area contributed by atoms with E-state index in [-0.39, 0.29) is 5.91 Å². The van der Waals surface area contributed by atoms with E-state index in [1.54, 1.807) is 35.6 Å². The molecule has 4 rings (SSSR count). The number of quaternary nitrogens is 1. The quantitative estimate of drug-likeness (QED) is 0.634. The van der Waals surface area contributed by atoms with Crippen molar-refractivity contribution < 1.29 is 19.2 Å². The minimum atomic E-state index is -0.413. The molecule has 0 bridgehead atoms. The molecule has 0 unspecified atom stereocenters. The summed E-state index contributed by atoms with van der Waals surface area (Å²) in [5.74, 6) is 0.0278. The van der Waals surface area contributed by atoms with Crippen molar-refractivity contribution in [3.8, 4) is 0 Å². The smallest absolute Gasteiger partial charge is 0.337 e. The van der Waals surface area contributed by atoms with Crippen LogP contribution in [0.2, 0.25) is 0 Å². The van der Waals surface area contributed by atoms with E-state index in [1.165, 1.54) is 21.7 Å². The van der Waals surface area contributed by atoms with Crippen LogP contribution in [0.1, 0.15) is 34.1 Å². The maximum atomic E-state index is 12.4. The number of nitrogens with one attached hydrogen (secondary N) is 2. The maximum absolute atomic E-state index is 12.4. The lowest BCUT2D eigenvalue weighted by Gasteiger charge is -2.27. The van der Waals surface area contributed by atoms with Crippen LogP contribution in [-0.2, 0) is 9.53 Å². The number of para-hydroxylation sites is 1. The fourth-order valence-electron chi connectivity index (χ4n) is 3.79. The number of ether oxygens (including phenoxy) is 1. The van der Waals surface area contributed by atoms with Crippen LogP contribution in [0.15, 0.2) is 48.5 Å². The first-order valence-electron chi connectivity index (χ1n) is 9.79. The zero-order chi connectivity index (χ0) is 20.2. The molecule has 0 saturated carbocycles. The molecule has 3 aromatic rings. The number of hydrogen-bond acceptors (Lipinski definition) is 5. The van der Waals surface area contributed by atoms with E-state index in [0.717, 1.165) is 31.4 Å². The lowest BCUT2D eigenvalue weighted by atomic mass is 9.97. The van der Waals surface area contributed by atoms with Crippen molar-refractivity contribution in [2.45, 2.75) is 18.8 Å². The van der Waals surface area contributed by atoms with Crippen LogP contribution < -0.4 is 10.2 Å². The van der Waals surface area contributed by atoms with Crippen molar-refractivity contribution >= 4 is 39.1 Å². The third-order valence-electron chi connectivity index (χ3n) is 5.33. The summed E-state index contributed by atoms with van der Waals surface area (Å²) < 4.78 is 5.96. The maximum Gasteiger partial charge on any atom is 0.337 e. The van der Waals surface area contributed by atoms with Gasteiger partial charge in [-0.15, -0.1) is 11.3 Å². The SMILES string of the molecule is COC(=O)c1cccc(NC(=O)C[NH+]2CCC(c3nc4ccccc4s3)CC2)c1. The van der Waals surface area contributed by atoms with E-state index < -0.39 is 5.97 Å². The molecule has 1 amide bonds. The molecular weight excluding hydrogens is 386 g/mol. The van der Waals surface area contributed by atoms with Crippen molar-refractivity contribution in [2.75, 3.05) is 32.1 Å². The number of carbonyl (C=O) groups is 2. The fourth-order valence-corrected chi connectivity index (χ4v) is 4.92. The molecule has 1 saturated heterocycles. The Bertz CT molecular complexity index is 992. The standard InChI is InChI=1S/C22H23N3O3S/c1-28-22(27)16-5-4-6-17(13-16)23-20(26)14-25-11-9-15(10-12-25)21-24-18-7-2-3-8-19(18)29-21/h2-8,13,15H,9-12,14H2,1H3,(H,23,26)/p+1. The number of esters is 1. The summed E-state index contributed by atoms with van der Waals surface area (Å²) in [6.07, 6.45) is 2.08. The minimum Gasteiger partial charge on any atom is -0.465 e.